The van der Waals surface area contributed by atoms with Crippen LogP contribution >= 0.6 is 12.4 Å². The molecular formula is C18H20ClN3O4. The number of nitro benzene ring substituents is 1. The molecule has 1 saturated heterocycles. The lowest BCUT2D eigenvalue weighted by molar-refractivity contribution is -0.385. The Morgan fingerprint density at radius 2 is 1.92 bits per heavy atom. The van der Waals surface area contributed by atoms with Crippen molar-refractivity contribution in [1.82, 2.24) is 4.90 Å². The first-order valence-electron chi connectivity index (χ1n) is 7.93. The lowest BCUT2D eigenvalue weighted by atomic mass is 9.95. The monoisotopic (exact) mass is 377 g/mol. The fourth-order valence-corrected chi connectivity index (χ4v) is 3.19. The van der Waals surface area contributed by atoms with Crippen LogP contribution in [0.1, 0.15) is 21.8 Å². The number of nitro groups is 1. The van der Waals surface area contributed by atoms with Gasteiger partial charge in [-0.2, -0.15) is 0 Å². The average molecular weight is 378 g/mol. The largest absolute Gasteiger partial charge is 0.490 e. The molecule has 1 aliphatic heterocycles. The molecule has 2 aromatic rings. The van der Waals surface area contributed by atoms with Gasteiger partial charge in [-0.25, -0.2) is 0 Å². The highest BCUT2D eigenvalue weighted by Crippen LogP contribution is 2.30. The third kappa shape index (κ3) is 3.79. The van der Waals surface area contributed by atoms with Crippen LogP contribution in [0.5, 0.6) is 5.75 Å². The van der Waals surface area contributed by atoms with Crippen molar-refractivity contribution < 1.29 is 14.5 Å². The number of amides is 1. The van der Waals surface area contributed by atoms with Crippen LogP contribution in [0.2, 0.25) is 0 Å². The maximum absolute atomic E-state index is 12.8. The van der Waals surface area contributed by atoms with E-state index in [2.05, 4.69) is 0 Å². The maximum atomic E-state index is 12.8. The minimum absolute atomic E-state index is 0. The molecule has 1 amide bonds. The number of nitrogens with two attached hydrogens (primary N) is 1. The molecular weight excluding hydrogens is 358 g/mol. The number of halogens is 1. The van der Waals surface area contributed by atoms with E-state index in [9.17, 15) is 14.9 Å². The van der Waals surface area contributed by atoms with Gasteiger partial charge in [-0.15, -0.1) is 12.4 Å². The summed E-state index contributed by atoms with van der Waals surface area (Å²) in [6.45, 7) is 0.959. The number of carbonyl (C=O) groups excluding carboxylic acids is 1. The second-order valence-electron chi connectivity index (χ2n) is 6.03. The smallest absolute Gasteiger partial charge is 0.310 e. The summed E-state index contributed by atoms with van der Waals surface area (Å²) in [6, 6.07) is 13.9. The van der Waals surface area contributed by atoms with Gasteiger partial charge in [-0.3, -0.25) is 14.9 Å². The molecule has 0 saturated carbocycles. The fraction of sp³-hybridized carbons (Fsp3) is 0.278. The first-order chi connectivity index (χ1) is 12.0. The van der Waals surface area contributed by atoms with Gasteiger partial charge in [-0.05, 0) is 11.6 Å². The molecule has 0 radical (unpaired) electrons. The van der Waals surface area contributed by atoms with Crippen LogP contribution in [0.3, 0.4) is 0 Å². The minimum atomic E-state index is -0.537. The number of ether oxygens (including phenoxy) is 1. The molecule has 2 aromatic carbocycles. The van der Waals surface area contributed by atoms with Crippen molar-refractivity contribution in [3.8, 4) is 5.75 Å². The van der Waals surface area contributed by atoms with Crippen LogP contribution in [0.15, 0.2) is 48.5 Å². The SMILES string of the molecule is COc1cc(C(=O)N2C[C@@H](N)[C@H](c3ccccc3)C2)ccc1[N+](=O)[O-].Cl. The molecule has 0 aromatic heterocycles. The van der Waals surface area contributed by atoms with E-state index in [1.54, 1.807) is 4.90 Å². The maximum Gasteiger partial charge on any atom is 0.310 e. The van der Waals surface area contributed by atoms with Crippen molar-refractivity contribution in [3.63, 3.8) is 0 Å². The molecule has 138 valence electrons. The predicted molar refractivity (Wildman–Crippen MR) is 100.0 cm³/mol. The Morgan fingerprint density at radius 3 is 2.54 bits per heavy atom. The van der Waals surface area contributed by atoms with Crippen molar-refractivity contribution in [2.75, 3.05) is 20.2 Å². The van der Waals surface area contributed by atoms with Gasteiger partial charge in [0, 0.05) is 42.7 Å². The molecule has 1 aliphatic rings. The van der Waals surface area contributed by atoms with E-state index < -0.39 is 4.92 Å². The van der Waals surface area contributed by atoms with Crippen LogP contribution in [-0.4, -0.2) is 42.0 Å². The van der Waals surface area contributed by atoms with Crippen LogP contribution in [-0.2, 0) is 0 Å². The molecule has 1 fully saturated rings. The zero-order valence-corrected chi connectivity index (χ0v) is 15.0. The van der Waals surface area contributed by atoms with Crippen molar-refractivity contribution in [2.24, 2.45) is 5.73 Å². The topological polar surface area (TPSA) is 98.7 Å². The normalized spacial score (nSPS) is 18.9. The van der Waals surface area contributed by atoms with Crippen LogP contribution in [0, 0.1) is 10.1 Å². The Bertz CT molecular complexity index is 800. The number of benzene rings is 2. The highest BCUT2D eigenvalue weighted by molar-refractivity contribution is 5.95. The standard InChI is InChI=1S/C18H19N3O4.ClH/c1-25-17-9-13(7-8-16(17)21(23)24)18(22)20-10-14(15(19)11-20)12-5-3-2-4-6-12;/h2-9,14-15H,10-11,19H2,1H3;1H/t14-,15+;/m0./s1. The second-order valence-corrected chi connectivity index (χ2v) is 6.03. The quantitative estimate of drug-likeness (QED) is 0.652. The minimum Gasteiger partial charge on any atom is -0.490 e. The fourth-order valence-electron chi connectivity index (χ4n) is 3.19. The molecule has 2 N–H and O–H groups in total. The molecule has 8 heteroatoms. The number of hydrogen-bond donors (Lipinski definition) is 1. The van der Waals surface area contributed by atoms with Crippen LogP contribution in [0.25, 0.3) is 0 Å². The number of carbonyl (C=O) groups is 1. The number of likely N-dealkylation sites (tertiary alicyclic amines) is 1. The van der Waals surface area contributed by atoms with Gasteiger partial charge >= 0.3 is 5.69 Å². The molecule has 7 nitrogen and oxygen atoms in total. The Hall–Kier alpha value is -2.64. The van der Waals surface area contributed by atoms with E-state index in [4.69, 9.17) is 10.5 Å². The van der Waals surface area contributed by atoms with Gasteiger partial charge in [-0.1, -0.05) is 30.3 Å². The Kier molecular flexibility index (Phi) is 6.18. The number of methoxy groups -OCH3 is 1. The van der Waals surface area contributed by atoms with Gasteiger partial charge in [0.15, 0.2) is 5.75 Å². The van der Waals surface area contributed by atoms with E-state index in [-0.39, 0.29) is 41.7 Å². The molecule has 3 rings (SSSR count). The van der Waals surface area contributed by atoms with Gasteiger partial charge in [0.25, 0.3) is 5.91 Å². The third-order valence-electron chi connectivity index (χ3n) is 4.50. The summed E-state index contributed by atoms with van der Waals surface area (Å²) in [5.74, 6) is -0.0638. The predicted octanol–water partition coefficient (Wildman–Crippen LogP) is 2.59. The summed E-state index contributed by atoms with van der Waals surface area (Å²) in [7, 11) is 1.34. The molecule has 2 atom stereocenters. The highest BCUT2D eigenvalue weighted by Gasteiger charge is 2.34. The van der Waals surface area contributed by atoms with Gasteiger partial charge in [0.1, 0.15) is 0 Å². The summed E-state index contributed by atoms with van der Waals surface area (Å²) >= 11 is 0. The molecule has 26 heavy (non-hydrogen) atoms. The molecule has 0 bridgehead atoms. The second kappa shape index (κ2) is 8.16. The highest BCUT2D eigenvalue weighted by atomic mass is 35.5. The average Bonchev–Trinajstić information content (AvgIpc) is 3.02. The molecule has 0 spiro atoms. The zero-order chi connectivity index (χ0) is 18.0. The zero-order valence-electron chi connectivity index (χ0n) is 14.2. The number of nitrogens with zero attached hydrogens (tertiary/aromatic N) is 2. The number of hydrogen-bond acceptors (Lipinski definition) is 5. The Morgan fingerprint density at radius 1 is 1.23 bits per heavy atom. The van der Waals surface area contributed by atoms with E-state index in [1.807, 2.05) is 30.3 Å². The van der Waals surface area contributed by atoms with Gasteiger partial charge < -0.3 is 15.4 Å². The van der Waals surface area contributed by atoms with Crippen molar-refractivity contribution in [2.45, 2.75) is 12.0 Å². The van der Waals surface area contributed by atoms with Crippen molar-refractivity contribution in [1.29, 1.82) is 0 Å². The lowest BCUT2D eigenvalue weighted by Crippen LogP contribution is -2.32. The molecule has 0 aliphatic carbocycles. The third-order valence-corrected chi connectivity index (χ3v) is 4.50. The molecule has 0 unspecified atom stereocenters. The Balaban J connectivity index is 0.00000243. The summed E-state index contributed by atoms with van der Waals surface area (Å²) < 4.78 is 5.03. The van der Waals surface area contributed by atoms with Crippen molar-refractivity contribution in [3.05, 3.63) is 69.8 Å². The molecule has 1 heterocycles. The first-order valence-corrected chi connectivity index (χ1v) is 7.93. The summed E-state index contributed by atoms with van der Waals surface area (Å²) in [5, 5.41) is 11.0. The Labute approximate surface area is 157 Å². The first kappa shape index (κ1) is 19.7. The summed E-state index contributed by atoms with van der Waals surface area (Å²) in [6.07, 6.45) is 0. The summed E-state index contributed by atoms with van der Waals surface area (Å²) in [5.41, 5.74) is 7.52. The van der Waals surface area contributed by atoms with Gasteiger partial charge in [0.05, 0.1) is 12.0 Å². The summed E-state index contributed by atoms with van der Waals surface area (Å²) in [4.78, 5) is 24.9. The van der Waals surface area contributed by atoms with E-state index in [0.717, 1.165) is 5.56 Å². The van der Waals surface area contributed by atoms with E-state index >= 15 is 0 Å². The van der Waals surface area contributed by atoms with Crippen molar-refractivity contribution >= 4 is 24.0 Å². The van der Waals surface area contributed by atoms with E-state index in [0.29, 0.717) is 18.7 Å². The van der Waals surface area contributed by atoms with Gasteiger partial charge in [0.2, 0.25) is 0 Å². The van der Waals surface area contributed by atoms with E-state index in [1.165, 1.54) is 25.3 Å². The lowest BCUT2D eigenvalue weighted by Gasteiger charge is -2.17. The van der Waals surface area contributed by atoms with Crippen LogP contribution < -0.4 is 10.5 Å². The number of rotatable bonds is 4. The van der Waals surface area contributed by atoms with Crippen LogP contribution in [0.4, 0.5) is 5.69 Å².